The van der Waals surface area contributed by atoms with Gasteiger partial charge in [0.25, 0.3) is 0 Å². The highest BCUT2D eigenvalue weighted by atomic mass is 16.6. The van der Waals surface area contributed by atoms with E-state index in [1.165, 1.54) is 257 Å². The van der Waals surface area contributed by atoms with Gasteiger partial charge in [0.2, 0.25) is 0 Å². The van der Waals surface area contributed by atoms with Crippen molar-refractivity contribution in [3.8, 4) is 0 Å². The van der Waals surface area contributed by atoms with Crippen molar-refractivity contribution in [2.45, 2.75) is 600 Å². The molecule has 0 rings (SSSR count). The summed E-state index contributed by atoms with van der Waals surface area (Å²) in [5, 5.41) is 12.2. The van der Waals surface area contributed by atoms with Gasteiger partial charge in [-0.15, -0.1) is 0 Å². The van der Waals surface area contributed by atoms with Crippen molar-refractivity contribution in [3.05, 3.63) is 0 Å². The molecule has 11 nitrogen and oxygen atoms in total. The van der Waals surface area contributed by atoms with Crippen LogP contribution in [-0.4, -0.2) is 109 Å². The predicted octanol–water partition coefficient (Wildman–Crippen LogP) is 32.0. The summed E-state index contributed by atoms with van der Waals surface area (Å²) in [6, 6.07) is 0. The molecular weight excluding hydrogens is 1410 g/mol. The first kappa shape index (κ1) is 112. The monoisotopic (exact) mass is 1610 g/mol. The van der Waals surface area contributed by atoms with Gasteiger partial charge in [0, 0.05) is 38.8 Å². The number of ether oxygens (including phenoxy) is 4. The molecule has 0 fully saturated rings. The van der Waals surface area contributed by atoms with Gasteiger partial charge >= 0.3 is 23.9 Å². The molecule has 11 heteroatoms. The fourth-order valence-corrected chi connectivity index (χ4v) is 17.0. The maximum Gasteiger partial charge on any atom is 0.306 e. The Morgan fingerprint density at radius 1 is 0.193 bits per heavy atom. The first-order valence-corrected chi connectivity index (χ1v) is 51.9. The molecule has 0 saturated heterocycles. The third-order valence-corrected chi connectivity index (χ3v) is 24.6. The summed E-state index contributed by atoms with van der Waals surface area (Å²) >= 11 is 0. The molecule has 1 N–H and O–H groups in total. The van der Waals surface area contributed by atoms with Crippen molar-refractivity contribution < 1.29 is 43.2 Å². The lowest BCUT2D eigenvalue weighted by Gasteiger charge is -2.29. The number of hydrogen-bond acceptors (Lipinski definition) is 11. The minimum Gasteiger partial charge on any atom is -0.462 e. The van der Waals surface area contributed by atoms with E-state index in [0.717, 1.165) is 257 Å². The second-order valence-corrected chi connectivity index (χ2v) is 36.2. The van der Waals surface area contributed by atoms with E-state index in [1.807, 2.05) is 0 Å². The van der Waals surface area contributed by atoms with Crippen LogP contribution in [0.2, 0.25) is 0 Å². The van der Waals surface area contributed by atoms with E-state index in [-0.39, 0.29) is 48.3 Å². The molecule has 0 radical (unpaired) electrons. The zero-order valence-electron chi connectivity index (χ0n) is 78.3. The predicted molar refractivity (Wildman–Crippen MR) is 493 cm³/mol. The standard InChI is InChI=1S/C103H202N2O9/c1-9-17-25-33-45-61-77-96(78-62-46-34-26-18-10-2)111-100(107)85-69-53-41-57-73-89-104(90-74-58-42-54-70-86-101(108)112-97(79-63-47-35-27-19-11-3)80-64-48-36-28-20-12-4)93-95(106)94-105(91-75-59-43-55-71-87-102(109)113-98(81-65-49-37-29-21-13-5)82-66-50-38-30-22-14-6)92-76-60-44-56-72-88-103(110)114-99(83-67-51-39-31-23-15-7)84-68-52-40-32-24-16-8/h95-99,106H,9-94H2,1-8H3. The maximum atomic E-state index is 13.3. The highest BCUT2D eigenvalue weighted by molar-refractivity contribution is 5.70. The third-order valence-electron chi connectivity index (χ3n) is 24.6. The topological polar surface area (TPSA) is 132 Å². The molecule has 0 bridgehead atoms. The Kier molecular flexibility index (Phi) is 89.7. The quantitative estimate of drug-likeness (QED) is 0.0355. The minimum absolute atomic E-state index is 0.00174. The summed E-state index contributed by atoms with van der Waals surface area (Å²) in [6.45, 7) is 23.4. The molecule has 0 aliphatic heterocycles. The van der Waals surface area contributed by atoms with E-state index < -0.39 is 6.10 Å². The summed E-state index contributed by atoms with van der Waals surface area (Å²) in [7, 11) is 0. The number of aliphatic hydroxyl groups is 1. The summed E-state index contributed by atoms with van der Waals surface area (Å²) in [5.74, 6) is 0.00695. The van der Waals surface area contributed by atoms with Crippen LogP contribution in [0.1, 0.15) is 569 Å². The van der Waals surface area contributed by atoms with E-state index in [4.69, 9.17) is 18.9 Å². The molecule has 0 spiro atoms. The number of rotatable bonds is 96. The third kappa shape index (κ3) is 82.1. The molecule has 678 valence electrons. The van der Waals surface area contributed by atoms with Crippen molar-refractivity contribution in [3.63, 3.8) is 0 Å². The lowest BCUT2D eigenvalue weighted by Crippen LogP contribution is -2.41. The van der Waals surface area contributed by atoms with Crippen molar-refractivity contribution in [2.75, 3.05) is 39.3 Å². The van der Waals surface area contributed by atoms with Gasteiger partial charge in [-0.3, -0.25) is 19.2 Å². The van der Waals surface area contributed by atoms with Crippen LogP contribution in [-0.2, 0) is 38.1 Å². The Bertz CT molecular complexity index is 1630. The molecule has 0 aliphatic carbocycles. The van der Waals surface area contributed by atoms with Crippen LogP contribution in [0.15, 0.2) is 0 Å². The molecule has 114 heavy (non-hydrogen) atoms. The van der Waals surface area contributed by atoms with E-state index in [1.54, 1.807) is 0 Å². The van der Waals surface area contributed by atoms with E-state index >= 15 is 0 Å². The number of nitrogens with zero attached hydrogens (tertiary/aromatic N) is 2. The first-order chi connectivity index (χ1) is 56.0. The van der Waals surface area contributed by atoms with Crippen molar-refractivity contribution in [1.29, 1.82) is 0 Å². The number of unbranched alkanes of at least 4 members (excludes halogenated alkanes) is 56. The number of esters is 4. The second-order valence-electron chi connectivity index (χ2n) is 36.2. The fraction of sp³-hybridized carbons (Fsp3) is 0.961. The molecule has 0 saturated carbocycles. The largest absolute Gasteiger partial charge is 0.462 e. The smallest absolute Gasteiger partial charge is 0.306 e. The molecule has 0 aromatic heterocycles. The molecule has 0 heterocycles. The highest BCUT2D eigenvalue weighted by Crippen LogP contribution is 2.25. The normalized spacial score (nSPS) is 11.9. The van der Waals surface area contributed by atoms with Gasteiger partial charge in [-0.05, 0) is 180 Å². The number of aliphatic hydroxyl groups excluding tert-OH is 1. The number of hydrogen-bond donors (Lipinski definition) is 1. The van der Waals surface area contributed by atoms with E-state index in [2.05, 4.69) is 65.2 Å². The zero-order valence-corrected chi connectivity index (χ0v) is 78.3. The van der Waals surface area contributed by atoms with Crippen LogP contribution in [0.3, 0.4) is 0 Å². The van der Waals surface area contributed by atoms with E-state index in [0.29, 0.717) is 38.8 Å². The van der Waals surface area contributed by atoms with Crippen LogP contribution >= 0.6 is 0 Å². The van der Waals surface area contributed by atoms with Crippen molar-refractivity contribution >= 4 is 23.9 Å². The molecule has 0 aliphatic rings. The number of carbonyl (C=O) groups excluding carboxylic acids is 4. The molecular formula is C103H202N2O9. The van der Waals surface area contributed by atoms with Gasteiger partial charge < -0.3 is 33.9 Å². The van der Waals surface area contributed by atoms with Crippen LogP contribution in [0.4, 0.5) is 0 Å². The second kappa shape index (κ2) is 91.5. The molecule has 0 atom stereocenters. The minimum atomic E-state index is -0.465. The van der Waals surface area contributed by atoms with Gasteiger partial charge in [-0.1, -0.05) is 389 Å². The Morgan fingerprint density at radius 2 is 0.325 bits per heavy atom. The van der Waals surface area contributed by atoms with Gasteiger partial charge in [-0.25, -0.2) is 0 Å². The summed E-state index contributed by atoms with van der Waals surface area (Å²) < 4.78 is 24.9. The van der Waals surface area contributed by atoms with Crippen LogP contribution in [0.25, 0.3) is 0 Å². The SMILES string of the molecule is CCCCCCCCC(CCCCCCCC)OC(=O)CCCCCCCN(CCCCCCCC(=O)OC(CCCCCCCC)CCCCCCCC)CC(O)CN(CCCCCCCC(=O)OC(CCCCCCCC)CCCCCCCC)CCCCCCCC(=O)OC(CCCCCCCC)CCCCCCCC. The highest BCUT2D eigenvalue weighted by Gasteiger charge is 2.21. The molecule has 0 aromatic carbocycles. The Morgan fingerprint density at radius 3 is 0.482 bits per heavy atom. The Balaban J connectivity index is 6.16. The van der Waals surface area contributed by atoms with Gasteiger partial charge in [0.1, 0.15) is 24.4 Å². The maximum absolute atomic E-state index is 13.3. The van der Waals surface area contributed by atoms with Gasteiger partial charge in [-0.2, -0.15) is 0 Å². The summed E-state index contributed by atoms with van der Waals surface area (Å²) in [5.41, 5.74) is 0. The lowest BCUT2D eigenvalue weighted by molar-refractivity contribution is -0.151. The number of carbonyl (C=O) groups is 4. The first-order valence-electron chi connectivity index (χ1n) is 51.9. The van der Waals surface area contributed by atoms with Gasteiger partial charge in [0.15, 0.2) is 0 Å². The Labute approximate surface area is 711 Å². The van der Waals surface area contributed by atoms with Crippen LogP contribution in [0.5, 0.6) is 0 Å². The average Bonchev–Trinajstić information content (AvgIpc) is 0.960. The van der Waals surface area contributed by atoms with Crippen molar-refractivity contribution in [2.24, 2.45) is 0 Å². The Hall–Kier alpha value is -2.24. The van der Waals surface area contributed by atoms with Crippen LogP contribution in [0, 0.1) is 0 Å². The summed E-state index contributed by atoms with van der Waals surface area (Å²) in [4.78, 5) is 58.4. The van der Waals surface area contributed by atoms with E-state index in [9.17, 15) is 24.3 Å². The zero-order chi connectivity index (χ0) is 83.0. The van der Waals surface area contributed by atoms with Crippen LogP contribution < -0.4 is 0 Å². The molecule has 0 aromatic rings. The summed E-state index contributed by atoms with van der Waals surface area (Å²) in [6.07, 6.45) is 91.4. The molecule has 0 unspecified atom stereocenters. The van der Waals surface area contributed by atoms with Crippen molar-refractivity contribution in [1.82, 2.24) is 9.80 Å². The molecule has 0 amide bonds. The fourth-order valence-electron chi connectivity index (χ4n) is 17.0. The average molecular weight is 1610 g/mol. The van der Waals surface area contributed by atoms with Gasteiger partial charge in [0.05, 0.1) is 6.10 Å². The lowest BCUT2D eigenvalue weighted by atomic mass is 10.0.